The quantitative estimate of drug-likeness (QED) is 0.283. The van der Waals surface area contributed by atoms with Crippen molar-refractivity contribution in [1.29, 1.82) is 0 Å². The monoisotopic (exact) mass is 666 g/mol. The van der Waals surface area contributed by atoms with Crippen LogP contribution in [0.5, 0.6) is 17.2 Å². The number of hydrogen-bond acceptors (Lipinski definition) is 11. The zero-order valence-corrected chi connectivity index (χ0v) is 26.5. The number of benzene rings is 2. The molecule has 2 saturated heterocycles. The van der Waals surface area contributed by atoms with Crippen LogP contribution in [-0.4, -0.2) is 87.0 Å². The van der Waals surface area contributed by atoms with Gasteiger partial charge in [-0.3, -0.25) is 34.2 Å². The van der Waals surface area contributed by atoms with Crippen LogP contribution in [0.1, 0.15) is 52.8 Å². The molecule has 2 unspecified atom stereocenters. The molecule has 2 bridgehead atoms. The van der Waals surface area contributed by atoms with E-state index in [2.05, 4.69) is 15.5 Å². The van der Waals surface area contributed by atoms with Gasteiger partial charge in [0.25, 0.3) is 11.8 Å². The Labute approximate surface area is 280 Å². The number of carbonyl (C=O) groups is 5. The molecular weight excluding hydrogens is 632 g/mol. The number of carbonyl (C=O) groups excluding carboxylic acids is 5. The maximum absolute atomic E-state index is 13.5. The summed E-state index contributed by atoms with van der Waals surface area (Å²) in [7, 11) is 0. The normalized spacial score (nSPS) is 25.8. The van der Waals surface area contributed by atoms with E-state index >= 15 is 0 Å². The second kappa shape index (κ2) is 11.6. The molecule has 5 fully saturated rings. The molecule has 0 spiro atoms. The number of fused-ring (bicyclic) bond motifs is 2. The minimum Gasteiger partial charge on any atom is -0.507 e. The number of aromatic hydroxyl groups is 1. The van der Waals surface area contributed by atoms with Crippen LogP contribution < -0.4 is 20.5 Å². The molecule has 2 aromatic carbocycles. The highest BCUT2D eigenvalue weighted by Gasteiger charge is 2.59. The Bertz CT molecular complexity index is 1920. The molecule has 4 N–H and O–H groups in total. The summed E-state index contributed by atoms with van der Waals surface area (Å²) in [5.74, 6) is -0.984. The lowest BCUT2D eigenvalue weighted by atomic mass is 9.70. The van der Waals surface area contributed by atoms with Crippen molar-refractivity contribution in [1.82, 2.24) is 25.3 Å². The minimum atomic E-state index is -1.05. The highest BCUT2D eigenvalue weighted by atomic mass is 16.5. The lowest BCUT2D eigenvalue weighted by Gasteiger charge is -2.41. The van der Waals surface area contributed by atoms with Gasteiger partial charge in [0.15, 0.2) is 11.6 Å². The van der Waals surface area contributed by atoms with Gasteiger partial charge in [-0.2, -0.15) is 0 Å². The summed E-state index contributed by atoms with van der Waals surface area (Å²) in [5, 5.41) is 20.5. The maximum Gasteiger partial charge on any atom is 0.266 e. The topological polar surface area (TPSA) is 194 Å². The first-order chi connectivity index (χ1) is 23.6. The molecule has 3 aliphatic heterocycles. The Hall–Kier alpha value is -5.53. The Morgan fingerprint density at radius 2 is 1.73 bits per heavy atom. The number of rotatable bonds is 9. The van der Waals surface area contributed by atoms with Crippen LogP contribution in [0.2, 0.25) is 0 Å². The standard InChI is InChI=1S/C35H34N6O8/c36-30-27(10-23(38-39-30)20-4-1-2-6-25(20)42)49-17-35-11-19(12-35)22(13-35)32(45)40-14-18(15-40)16-48-26-7-3-5-21-29(26)34(47)41(33(21)46)24-8-9-28(43)37-31(24)44/h1-7,10,18-19,22,24,42H,8-9,11-17H2,(H2,36,39)(H,37,43,44). The molecule has 3 aliphatic carbocycles. The van der Waals surface area contributed by atoms with E-state index in [4.69, 9.17) is 15.2 Å². The predicted octanol–water partition coefficient (Wildman–Crippen LogP) is 2.17. The van der Waals surface area contributed by atoms with E-state index < -0.39 is 29.7 Å². The second-order valence-electron chi connectivity index (χ2n) is 13.8. The number of aromatic nitrogens is 2. The molecule has 5 amide bonds. The number of hydrogen-bond donors (Lipinski definition) is 3. The number of para-hydroxylation sites is 1. The zero-order valence-electron chi connectivity index (χ0n) is 26.5. The fraction of sp³-hybridized carbons (Fsp3) is 0.400. The highest BCUT2D eigenvalue weighted by molar-refractivity contribution is 6.24. The van der Waals surface area contributed by atoms with Gasteiger partial charge in [-0.05, 0) is 55.9 Å². The summed E-state index contributed by atoms with van der Waals surface area (Å²) in [6.07, 6.45) is 2.65. The molecule has 3 saturated carbocycles. The molecule has 14 nitrogen and oxygen atoms in total. The van der Waals surface area contributed by atoms with Crippen LogP contribution in [0.25, 0.3) is 11.3 Å². The number of piperidine rings is 1. The third kappa shape index (κ3) is 5.22. The molecule has 14 heteroatoms. The number of anilines is 1. The second-order valence-corrected chi connectivity index (χ2v) is 13.8. The predicted molar refractivity (Wildman–Crippen MR) is 171 cm³/mol. The number of phenols is 1. The Morgan fingerprint density at radius 3 is 2.51 bits per heavy atom. The van der Waals surface area contributed by atoms with Gasteiger partial charge >= 0.3 is 0 Å². The number of ether oxygens (including phenoxy) is 2. The van der Waals surface area contributed by atoms with Crippen molar-refractivity contribution in [2.45, 2.75) is 38.1 Å². The van der Waals surface area contributed by atoms with Gasteiger partial charge in [0.05, 0.1) is 24.3 Å². The number of nitrogens with two attached hydrogens (primary N) is 1. The summed E-state index contributed by atoms with van der Waals surface area (Å²) < 4.78 is 12.2. The average Bonchev–Trinajstić information content (AvgIpc) is 3.69. The molecule has 1 aromatic heterocycles. The van der Waals surface area contributed by atoms with Crippen LogP contribution in [-0.2, 0) is 14.4 Å². The van der Waals surface area contributed by atoms with Crippen molar-refractivity contribution < 1.29 is 38.6 Å². The molecule has 2 atom stereocenters. The van der Waals surface area contributed by atoms with Crippen molar-refractivity contribution >= 4 is 35.4 Å². The van der Waals surface area contributed by atoms with Gasteiger partial charge in [-0.25, -0.2) is 0 Å². The van der Waals surface area contributed by atoms with E-state index in [-0.39, 0.29) is 71.1 Å². The number of likely N-dealkylation sites (tertiary alicyclic amines) is 1. The SMILES string of the molecule is Nc1nnc(-c2ccccc2O)cc1OCC12CC(C1)C(C(=O)N1CC(COc3cccc4c3C(=O)N(C3CCC(=O)NC3=O)C4=O)C1)C2. The lowest BCUT2D eigenvalue weighted by molar-refractivity contribution is -0.143. The van der Waals surface area contributed by atoms with Gasteiger partial charge in [-0.1, -0.05) is 18.2 Å². The first-order valence-corrected chi connectivity index (χ1v) is 16.4. The van der Waals surface area contributed by atoms with Crippen LogP contribution in [0, 0.1) is 23.2 Å². The number of nitrogens with one attached hydrogen (secondary N) is 1. The number of phenolic OH excluding ortho intramolecular Hbond substituents is 1. The summed E-state index contributed by atoms with van der Waals surface area (Å²) in [4.78, 5) is 66.7. The van der Waals surface area contributed by atoms with Crippen LogP contribution in [0.3, 0.4) is 0 Å². The Kier molecular flexibility index (Phi) is 7.26. The number of nitrogen functional groups attached to an aromatic ring is 1. The van der Waals surface area contributed by atoms with E-state index in [0.717, 1.165) is 24.2 Å². The molecule has 0 radical (unpaired) electrons. The van der Waals surface area contributed by atoms with Gasteiger partial charge in [0.2, 0.25) is 17.7 Å². The zero-order chi connectivity index (χ0) is 34.0. The van der Waals surface area contributed by atoms with Crippen LogP contribution in [0.4, 0.5) is 5.82 Å². The molecule has 9 rings (SSSR count). The molecule has 49 heavy (non-hydrogen) atoms. The largest absolute Gasteiger partial charge is 0.507 e. The Morgan fingerprint density at radius 1 is 0.959 bits per heavy atom. The van der Waals surface area contributed by atoms with E-state index in [0.29, 0.717) is 42.6 Å². The van der Waals surface area contributed by atoms with E-state index in [1.54, 1.807) is 42.5 Å². The third-order valence-corrected chi connectivity index (χ3v) is 10.6. The third-order valence-electron chi connectivity index (χ3n) is 10.6. The molecule has 6 aliphatic rings. The van der Waals surface area contributed by atoms with E-state index in [1.165, 1.54) is 6.07 Å². The summed E-state index contributed by atoms with van der Waals surface area (Å²) in [6.45, 7) is 1.73. The number of imide groups is 2. The van der Waals surface area contributed by atoms with Crippen molar-refractivity contribution in [3.63, 3.8) is 0 Å². The summed E-state index contributed by atoms with van der Waals surface area (Å²) in [6, 6.07) is 12.2. The molecule has 4 heterocycles. The maximum atomic E-state index is 13.5. The van der Waals surface area contributed by atoms with Crippen molar-refractivity contribution in [2.24, 2.45) is 23.2 Å². The van der Waals surface area contributed by atoms with E-state index in [9.17, 15) is 29.1 Å². The Balaban J connectivity index is 0.842. The summed E-state index contributed by atoms with van der Waals surface area (Å²) >= 11 is 0. The molecule has 3 aromatic rings. The minimum absolute atomic E-state index is 0.0432. The number of amides is 5. The van der Waals surface area contributed by atoms with Gasteiger partial charge in [0, 0.05) is 48.4 Å². The first-order valence-electron chi connectivity index (χ1n) is 16.4. The van der Waals surface area contributed by atoms with Gasteiger partial charge < -0.3 is 25.2 Å². The van der Waals surface area contributed by atoms with Crippen molar-refractivity contribution in [3.05, 3.63) is 59.7 Å². The van der Waals surface area contributed by atoms with Crippen LogP contribution in [0.15, 0.2) is 48.5 Å². The highest BCUT2D eigenvalue weighted by Crippen LogP contribution is 2.62. The smallest absolute Gasteiger partial charge is 0.266 e. The average molecular weight is 667 g/mol. The fourth-order valence-corrected chi connectivity index (χ4v) is 8.06. The molecular formula is C35H34N6O8. The van der Waals surface area contributed by atoms with Crippen LogP contribution >= 0.6 is 0 Å². The van der Waals surface area contributed by atoms with Crippen molar-refractivity contribution in [3.8, 4) is 28.5 Å². The van der Waals surface area contributed by atoms with Crippen molar-refractivity contribution in [2.75, 3.05) is 32.0 Å². The fourth-order valence-electron chi connectivity index (χ4n) is 8.06. The van der Waals surface area contributed by atoms with E-state index in [1.807, 2.05) is 4.90 Å². The lowest BCUT2D eigenvalue weighted by Crippen LogP contribution is -2.54. The number of nitrogens with zero attached hydrogens (tertiary/aromatic N) is 4. The van der Waals surface area contributed by atoms with Gasteiger partial charge in [-0.15, -0.1) is 10.2 Å². The van der Waals surface area contributed by atoms with Gasteiger partial charge in [0.1, 0.15) is 23.2 Å². The molecule has 252 valence electrons. The first kappa shape index (κ1) is 30.8. The summed E-state index contributed by atoms with van der Waals surface area (Å²) in [5.41, 5.74) is 7.20.